The SMILES string of the molecule is CCN(CC)c1ccc2cc(S(=O)(=O)Nc3ccc(C(=O)NO)cc3)ccc2n1. The van der Waals surface area contributed by atoms with Crippen LogP contribution in [0, 0.1) is 0 Å². The van der Waals surface area contributed by atoms with E-state index < -0.39 is 15.9 Å². The normalized spacial score (nSPS) is 11.3. The number of carbonyl (C=O) groups excluding carboxylic acids is 1. The lowest BCUT2D eigenvalue weighted by molar-refractivity contribution is 0.0706. The number of rotatable bonds is 7. The lowest BCUT2D eigenvalue weighted by Gasteiger charge is -2.20. The number of hydroxylamine groups is 1. The number of hydrogen-bond acceptors (Lipinski definition) is 6. The number of nitrogens with zero attached hydrogens (tertiary/aromatic N) is 2. The van der Waals surface area contributed by atoms with Crippen LogP contribution in [-0.2, 0) is 10.0 Å². The van der Waals surface area contributed by atoms with E-state index in [1.807, 2.05) is 12.1 Å². The minimum atomic E-state index is -3.82. The number of fused-ring (bicyclic) bond motifs is 1. The second-order valence-corrected chi connectivity index (χ2v) is 8.00. The van der Waals surface area contributed by atoms with E-state index in [9.17, 15) is 13.2 Å². The molecule has 0 unspecified atom stereocenters. The second-order valence-electron chi connectivity index (χ2n) is 6.32. The van der Waals surface area contributed by atoms with Crippen LogP contribution in [0.4, 0.5) is 11.5 Å². The Morgan fingerprint density at radius 3 is 2.34 bits per heavy atom. The first-order chi connectivity index (χ1) is 13.9. The third kappa shape index (κ3) is 4.47. The summed E-state index contributed by atoms with van der Waals surface area (Å²) in [6.45, 7) is 5.78. The van der Waals surface area contributed by atoms with Gasteiger partial charge in [0.25, 0.3) is 15.9 Å². The molecule has 0 saturated heterocycles. The van der Waals surface area contributed by atoms with Crippen LogP contribution in [0.25, 0.3) is 10.9 Å². The van der Waals surface area contributed by atoms with Crippen LogP contribution in [0.15, 0.2) is 59.5 Å². The van der Waals surface area contributed by atoms with E-state index in [0.29, 0.717) is 11.2 Å². The molecule has 1 amide bonds. The Labute approximate surface area is 169 Å². The van der Waals surface area contributed by atoms with Gasteiger partial charge in [0, 0.05) is 29.7 Å². The summed E-state index contributed by atoms with van der Waals surface area (Å²) in [4.78, 5) is 18.2. The zero-order valence-corrected chi connectivity index (χ0v) is 16.9. The van der Waals surface area contributed by atoms with E-state index in [1.54, 1.807) is 12.1 Å². The van der Waals surface area contributed by atoms with E-state index in [2.05, 4.69) is 28.5 Å². The number of aromatic nitrogens is 1. The summed E-state index contributed by atoms with van der Waals surface area (Å²) in [6, 6.07) is 14.2. The van der Waals surface area contributed by atoms with E-state index in [1.165, 1.54) is 35.8 Å². The maximum absolute atomic E-state index is 12.7. The van der Waals surface area contributed by atoms with Gasteiger partial charge in [-0.2, -0.15) is 0 Å². The van der Waals surface area contributed by atoms with E-state index >= 15 is 0 Å². The van der Waals surface area contributed by atoms with Crippen molar-refractivity contribution in [3.8, 4) is 0 Å². The smallest absolute Gasteiger partial charge is 0.274 e. The highest BCUT2D eigenvalue weighted by Crippen LogP contribution is 2.23. The van der Waals surface area contributed by atoms with Crippen LogP contribution in [0.2, 0.25) is 0 Å². The number of anilines is 2. The molecule has 0 atom stereocenters. The van der Waals surface area contributed by atoms with Crippen molar-refractivity contribution < 1.29 is 18.4 Å². The van der Waals surface area contributed by atoms with Crippen LogP contribution >= 0.6 is 0 Å². The van der Waals surface area contributed by atoms with Crippen molar-refractivity contribution in [1.29, 1.82) is 0 Å². The molecule has 0 fully saturated rings. The maximum Gasteiger partial charge on any atom is 0.274 e. The largest absolute Gasteiger partial charge is 0.357 e. The van der Waals surface area contributed by atoms with E-state index in [-0.39, 0.29) is 10.5 Å². The van der Waals surface area contributed by atoms with Gasteiger partial charge in [-0.15, -0.1) is 0 Å². The molecule has 0 bridgehead atoms. The number of sulfonamides is 1. The minimum Gasteiger partial charge on any atom is -0.357 e. The Balaban J connectivity index is 1.86. The predicted octanol–water partition coefficient (Wildman–Crippen LogP) is 3.00. The van der Waals surface area contributed by atoms with Crippen molar-refractivity contribution in [1.82, 2.24) is 10.5 Å². The average molecular weight is 414 g/mol. The number of pyridine rings is 1. The van der Waals surface area contributed by atoms with Gasteiger partial charge in [-0.3, -0.25) is 14.7 Å². The summed E-state index contributed by atoms with van der Waals surface area (Å²) in [6.07, 6.45) is 0. The number of amides is 1. The number of nitrogens with one attached hydrogen (secondary N) is 2. The highest BCUT2D eigenvalue weighted by Gasteiger charge is 2.16. The molecule has 2 aromatic carbocycles. The molecule has 0 aliphatic carbocycles. The zero-order chi connectivity index (χ0) is 21.0. The van der Waals surface area contributed by atoms with Crippen molar-refractivity contribution in [2.24, 2.45) is 0 Å². The third-order valence-corrected chi connectivity index (χ3v) is 5.92. The third-order valence-electron chi connectivity index (χ3n) is 4.54. The van der Waals surface area contributed by atoms with Gasteiger partial charge in [0.05, 0.1) is 10.4 Å². The van der Waals surface area contributed by atoms with Gasteiger partial charge in [0.2, 0.25) is 0 Å². The molecular weight excluding hydrogens is 392 g/mol. The summed E-state index contributed by atoms with van der Waals surface area (Å²) < 4.78 is 27.9. The van der Waals surface area contributed by atoms with Crippen molar-refractivity contribution >= 4 is 38.3 Å². The van der Waals surface area contributed by atoms with Crippen LogP contribution in [0.1, 0.15) is 24.2 Å². The summed E-state index contributed by atoms with van der Waals surface area (Å²) >= 11 is 0. The molecular formula is C20H22N4O4S. The van der Waals surface area contributed by atoms with Crippen molar-refractivity contribution in [3.05, 3.63) is 60.2 Å². The lowest BCUT2D eigenvalue weighted by Crippen LogP contribution is -2.22. The molecule has 3 N–H and O–H groups in total. The summed E-state index contributed by atoms with van der Waals surface area (Å²) in [5, 5.41) is 9.36. The Bertz CT molecular complexity index is 1130. The van der Waals surface area contributed by atoms with Gasteiger partial charge in [-0.05, 0) is 68.4 Å². The van der Waals surface area contributed by atoms with Crippen LogP contribution in [-0.4, -0.2) is 37.6 Å². The molecule has 0 aliphatic rings. The fourth-order valence-corrected chi connectivity index (χ4v) is 4.05. The molecule has 3 rings (SSSR count). The Hall–Kier alpha value is -3.17. The van der Waals surface area contributed by atoms with Gasteiger partial charge in [-0.25, -0.2) is 18.9 Å². The van der Waals surface area contributed by atoms with Crippen molar-refractivity contribution in [2.75, 3.05) is 22.7 Å². The van der Waals surface area contributed by atoms with Gasteiger partial charge in [-0.1, -0.05) is 0 Å². The second kappa shape index (κ2) is 8.46. The average Bonchev–Trinajstić information content (AvgIpc) is 2.74. The Morgan fingerprint density at radius 2 is 1.72 bits per heavy atom. The fourth-order valence-electron chi connectivity index (χ4n) is 2.95. The molecule has 1 aromatic heterocycles. The van der Waals surface area contributed by atoms with E-state index in [0.717, 1.165) is 24.3 Å². The van der Waals surface area contributed by atoms with Gasteiger partial charge >= 0.3 is 0 Å². The Morgan fingerprint density at radius 1 is 1.03 bits per heavy atom. The number of carbonyl (C=O) groups is 1. The standard InChI is InChI=1S/C20H22N4O4S/c1-3-24(4-2)19-12-7-15-13-17(10-11-18(15)21-19)29(27,28)23-16-8-5-14(6-9-16)20(25)22-26/h5-13,23,26H,3-4H2,1-2H3,(H,22,25). The van der Waals surface area contributed by atoms with E-state index in [4.69, 9.17) is 5.21 Å². The number of hydrogen-bond donors (Lipinski definition) is 3. The molecule has 0 radical (unpaired) electrons. The topological polar surface area (TPSA) is 112 Å². The molecule has 8 nitrogen and oxygen atoms in total. The summed E-state index contributed by atoms with van der Waals surface area (Å²) in [5.41, 5.74) is 2.74. The maximum atomic E-state index is 12.7. The minimum absolute atomic E-state index is 0.111. The molecule has 0 spiro atoms. The summed E-state index contributed by atoms with van der Waals surface area (Å²) in [5.74, 6) is 0.175. The lowest BCUT2D eigenvalue weighted by atomic mass is 10.2. The predicted molar refractivity (Wildman–Crippen MR) is 112 cm³/mol. The fraction of sp³-hybridized carbons (Fsp3) is 0.200. The highest BCUT2D eigenvalue weighted by molar-refractivity contribution is 7.92. The van der Waals surface area contributed by atoms with Gasteiger partial charge < -0.3 is 4.90 Å². The first-order valence-electron chi connectivity index (χ1n) is 9.11. The molecule has 0 saturated carbocycles. The van der Waals surface area contributed by atoms with Crippen LogP contribution in [0.5, 0.6) is 0 Å². The molecule has 9 heteroatoms. The first kappa shape index (κ1) is 20.6. The highest BCUT2D eigenvalue weighted by atomic mass is 32.2. The van der Waals surface area contributed by atoms with Gasteiger partial charge in [0.1, 0.15) is 5.82 Å². The first-order valence-corrected chi connectivity index (χ1v) is 10.6. The van der Waals surface area contributed by atoms with Crippen LogP contribution in [0.3, 0.4) is 0 Å². The Kier molecular flexibility index (Phi) is 6.00. The monoisotopic (exact) mass is 414 g/mol. The van der Waals surface area contributed by atoms with Gasteiger partial charge in [0.15, 0.2) is 0 Å². The molecule has 29 heavy (non-hydrogen) atoms. The molecule has 1 heterocycles. The zero-order valence-electron chi connectivity index (χ0n) is 16.1. The molecule has 3 aromatic rings. The molecule has 0 aliphatic heterocycles. The summed E-state index contributed by atoms with van der Waals surface area (Å²) in [7, 11) is -3.82. The quantitative estimate of drug-likeness (QED) is 0.405. The molecule has 152 valence electrons. The van der Waals surface area contributed by atoms with Crippen molar-refractivity contribution in [2.45, 2.75) is 18.7 Å². The number of benzene rings is 2. The van der Waals surface area contributed by atoms with Crippen LogP contribution < -0.4 is 15.1 Å². The van der Waals surface area contributed by atoms with Crippen molar-refractivity contribution in [3.63, 3.8) is 0 Å².